The molecule has 5 N–H and O–H groups in total. The summed E-state index contributed by atoms with van der Waals surface area (Å²) in [4.78, 5) is 26.8. The van der Waals surface area contributed by atoms with Gasteiger partial charge < -0.3 is 15.7 Å². The first-order valence-corrected chi connectivity index (χ1v) is 12.5. The number of carbonyl (C=O) groups is 2. The van der Waals surface area contributed by atoms with Crippen LogP contribution in [0.2, 0.25) is 0 Å². The maximum Gasteiger partial charge on any atom is 0.272 e. The Labute approximate surface area is 203 Å². The lowest BCUT2D eigenvalue weighted by Crippen LogP contribution is -2.36. The van der Waals surface area contributed by atoms with Crippen molar-refractivity contribution < 1.29 is 27.5 Å². The number of hydrogen-bond acceptors (Lipinski definition) is 9. The van der Waals surface area contributed by atoms with Gasteiger partial charge in [-0.15, -0.1) is 11.3 Å². The van der Waals surface area contributed by atoms with Crippen LogP contribution >= 0.6 is 11.3 Å². The predicted octanol–water partition coefficient (Wildman–Crippen LogP) is 3.34. The van der Waals surface area contributed by atoms with E-state index in [9.17, 15) is 27.5 Å². The Hall–Kier alpha value is -3.87. The molecule has 1 aliphatic rings. The van der Waals surface area contributed by atoms with Crippen molar-refractivity contribution in [3.8, 4) is 0 Å². The average molecular weight is 515 g/mol. The van der Waals surface area contributed by atoms with E-state index >= 15 is 0 Å². The smallest absolute Gasteiger partial charge is 0.272 e. The van der Waals surface area contributed by atoms with Gasteiger partial charge in [-0.2, -0.15) is 0 Å². The van der Waals surface area contributed by atoms with Crippen molar-refractivity contribution >= 4 is 50.1 Å². The summed E-state index contributed by atoms with van der Waals surface area (Å²) in [6.45, 7) is 1.23. The molecule has 4 rings (SSSR count). The predicted molar refractivity (Wildman–Crippen MR) is 130 cm³/mol. The highest BCUT2D eigenvalue weighted by molar-refractivity contribution is 7.92. The summed E-state index contributed by atoms with van der Waals surface area (Å²) in [5.74, 6) is -2.74. The van der Waals surface area contributed by atoms with E-state index in [1.54, 1.807) is 24.3 Å². The topological polar surface area (TPSA) is 148 Å². The number of aliphatic hydroxyl groups excluding tert-OH is 1. The first-order valence-electron chi connectivity index (χ1n) is 10.2. The molecular weight excluding hydrogens is 495 g/mol. The minimum absolute atomic E-state index is 0.0585. The minimum Gasteiger partial charge on any atom is -0.385 e. The first-order chi connectivity index (χ1) is 16.6. The first kappa shape index (κ1) is 24.3. The molecule has 180 valence electrons. The number of hydrogen-bond donors (Lipinski definition) is 5. The van der Waals surface area contributed by atoms with E-state index in [1.165, 1.54) is 31.2 Å². The monoisotopic (exact) mass is 514 g/mol. The molecule has 12 heteroatoms. The van der Waals surface area contributed by atoms with Crippen LogP contribution in [0.3, 0.4) is 0 Å². The number of nitrogens with one attached hydrogen (secondary N) is 4. The van der Waals surface area contributed by atoms with E-state index in [-0.39, 0.29) is 26.0 Å². The largest absolute Gasteiger partial charge is 0.385 e. The van der Waals surface area contributed by atoms with Crippen LogP contribution in [-0.2, 0) is 10.0 Å². The van der Waals surface area contributed by atoms with Gasteiger partial charge in [0, 0.05) is 5.56 Å². The molecule has 0 unspecified atom stereocenters. The van der Waals surface area contributed by atoms with Crippen molar-refractivity contribution in [3.63, 3.8) is 0 Å². The van der Waals surface area contributed by atoms with Crippen LogP contribution in [0.5, 0.6) is 0 Å². The lowest BCUT2D eigenvalue weighted by Gasteiger charge is -2.11. The number of ketones is 2. The molecule has 1 aliphatic heterocycles. The lowest BCUT2D eigenvalue weighted by atomic mass is 9.98. The van der Waals surface area contributed by atoms with Crippen molar-refractivity contribution in [1.29, 1.82) is 5.41 Å². The number of allylic oxidation sites excluding steroid dienone is 1. The standard InChI is InChI=1S/C23H19FN4O5S2/c1-12(29)22(25)28-35(32,33)18-10-9-17(34-18)21(31)19(20(30)13-5-4-6-14(24)11-13)23-26-15-7-2-3-8-16(15)27-23/h2-12,26-27,29H,1H3,(H2,25,28)/t12-/m1/s1. The van der Waals surface area contributed by atoms with Gasteiger partial charge in [-0.25, -0.2) is 12.8 Å². The summed E-state index contributed by atoms with van der Waals surface area (Å²) in [7, 11) is -4.23. The zero-order valence-electron chi connectivity index (χ0n) is 18.1. The third-order valence-corrected chi connectivity index (χ3v) is 7.91. The number of rotatable bonds is 7. The second-order valence-corrected chi connectivity index (χ2v) is 10.5. The quantitative estimate of drug-likeness (QED) is 0.0811. The lowest BCUT2D eigenvalue weighted by molar-refractivity contribution is 0.0963. The van der Waals surface area contributed by atoms with Crippen LogP contribution in [0.4, 0.5) is 15.8 Å². The average Bonchev–Trinajstić information content (AvgIpc) is 3.46. The third kappa shape index (κ3) is 4.99. The molecule has 0 saturated carbocycles. The van der Waals surface area contributed by atoms with Gasteiger partial charge in [0.25, 0.3) is 10.0 Å². The highest BCUT2D eigenvalue weighted by atomic mass is 32.2. The van der Waals surface area contributed by atoms with Crippen molar-refractivity contribution in [2.45, 2.75) is 17.2 Å². The molecule has 3 aromatic rings. The Bertz CT molecular complexity index is 1470. The summed E-state index contributed by atoms with van der Waals surface area (Å²) >= 11 is 0.594. The van der Waals surface area contributed by atoms with Crippen LogP contribution in [-0.4, -0.2) is 37.0 Å². The maximum absolute atomic E-state index is 13.8. The zero-order chi connectivity index (χ0) is 25.3. The Morgan fingerprint density at radius 3 is 2.29 bits per heavy atom. The number of halogens is 1. The van der Waals surface area contributed by atoms with Gasteiger partial charge in [-0.1, -0.05) is 24.3 Å². The molecule has 0 aliphatic carbocycles. The second kappa shape index (κ2) is 9.41. The number of aliphatic hydroxyl groups is 1. The highest BCUT2D eigenvalue weighted by Crippen LogP contribution is 2.33. The molecule has 9 nitrogen and oxygen atoms in total. The number of Topliss-reactive ketones (excluding diaryl/α,β-unsaturated/α-hetero) is 2. The fourth-order valence-electron chi connectivity index (χ4n) is 3.22. The molecule has 1 aromatic heterocycles. The molecule has 0 bridgehead atoms. The van der Waals surface area contributed by atoms with E-state index in [0.29, 0.717) is 22.7 Å². The van der Waals surface area contributed by atoms with Gasteiger partial charge >= 0.3 is 0 Å². The van der Waals surface area contributed by atoms with Gasteiger partial charge in [0.1, 0.15) is 33.4 Å². The number of carbonyl (C=O) groups excluding carboxylic acids is 2. The van der Waals surface area contributed by atoms with Gasteiger partial charge in [0.05, 0.1) is 16.3 Å². The van der Waals surface area contributed by atoms with Crippen LogP contribution in [0, 0.1) is 11.2 Å². The molecule has 1 atom stereocenters. The Morgan fingerprint density at radius 2 is 1.69 bits per heavy atom. The summed E-state index contributed by atoms with van der Waals surface area (Å²) < 4.78 is 40.5. The van der Waals surface area contributed by atoms with E-state index in [2.05, 4.69) is 10.6 Å². The highest BCUT2D eigenvalue weighted by Gasteiger charge is 2.31. The Morgan fingerprint density at radius 1 is 1.03 bits per heavy atom. The van der Waals surface area contributed by atoms with Crippen LogP contribution in [0.1, 0.15) is 27.0 Å². The number of para-hydroxylation sites is 2. The number of anilines is 2. The fraction of sp³-hybridized carbons (Fsp3) is 0.0870. The molecule has 0 amide bonds. The molecule has 0 radical (unpaired) electrons. The maximum atomic E-state index is 13.8. The Balaban J connectivity index is 1.74. The number of thiophene rings is 1. The number of amidine groups is 1. The normalized spacial score (nSPS) is 13.3. The Kier molecular flexibility index (Phi) is 6.52. The van der Waals surface area contributed by atoms with Crippen LogP contribution < -0.4 is 15.4 Å². The number of fused-ring (bicyclic) bond motifs is 1. The molecule has 0 fully saturated rings. The second-order valence-electron chi connectivity index (χ2n) is 7.53. The number of benzene rings is 2. The van der Waals surface area contributed by atoms with Gasteiger partial charge in [0.2, 0.25) is 11.6 Å². The third-order valence-electron chi connectivity index (χ3n) is 4.97. The summed E-state index contributed by atoms with van der Waals surface area (Å²) in [5.41, 5.74) is 0.851. The minimum atomic E-state index is -4.23. The summed E-state index contributed by atoms with van der Waals surface area (Å²) in [6.07, 6.45) is -1.34. The van der Waals surface area contributed by atoms with Crippen molar-refractivity contribution in [2.24, 2.45) is 0 Å². The number of sulfonamides is 1. The molecule has 0 spiro atoms. The van der Waals surface area contributed by atoms with Crippen molar-refractivity contribution in [3.05, 3.63) is 88.3 Å². The van der Waals surface area contributed by atoms with E-state index in [0.717, 1.165) is 12.1 Å². The van der Waals surface area contributed by atoms with E-state index < -0.39 is 39.3 Å². The molecule has 0 saturated heterocycles. The van der Waals surface area contributed by atoms with E-state index in [1.807, 2.05) is 4.72 Å². The molecule has 2 aromatic carbocycles. The summed E-state index contributed by atoms with van der Waals surface area (Å²) in [5, 5.41) is 22.9. The van der Waals surface area contributed by atoms with Gasteiger partial charge in [0.15, 0.2) is 0 Å². The molecular formula is C23H19FN4O5S2. The van der Waals surface area contributed by atoms with Gasteiger partial charge in [-0.3, -0.25) is 19.7 Å². The SMILES string of the molecule is C[C@@H](O)C(=N)NS(=O)(=O)c1ccc(C(=O)C(C(=O)c2cccc(F)c2)=C2Nc3ccccc3N2)s1. The molecule has 35 heavy (non-hydrogen) atoms. The summed E-state index contributed by atoms with van der Waals surface area (Å²) in [6, 6.07) is 14.3. The molecule has 2 heterocycles. The van der Waals surface area contributed by atoms with Crippen molar-refractivity contribution in [1.82, 2.24) is 4.72 Å². The van der Waals surface area contributed by atoms with Crippen LogP contribution in [0.15, 0.2) is 76.3 Å². The fourth-order valence-corrected chi connectivity index (χ4v) is 5.55. The van der Waals surface area contributed by atoms with E-state index in [4.69, 9.17) is 5.41 Å². The van der Waals surface area contributed by atoms with Crippen molar-refractivity contribution in [2.75, 3.05) is 10.6 Å². The van der Waals surface area contributed by atoms with Gasteiger partial charge in [-0.05, 0) is 43.3 Å². The zero-order valence-corrected chi connectivity index (χ0v) is 19.8. The van der Waals surface area contributed by atoms with Crippen LogP contribution in [0.25, 0.3) is 0 Å².